The van der Waals surface area contributed by atoms with Gasteiger partial charge in [-0.2, -0.15) is 0 Å². The van der Waals surface area contributed by atoms with E-state index in [0.29, 0.717) is 5.69 Å². The van der Waals surface area contributed by atoms with Crippen molar-refractivity contribution >= 4 is 17.6 Å². The maximum atomic E-state index is 12.6. The molecule has 0 aliphatic rings. The van der Waals surface area contributed by atoms with Gasteiger partial charge in [-0.05, 0) is 31.2 Å². The molecule has 0 fully saturated rings. The number of anilines is 1. The van der Waals surface area contributed by atoms with Crippen molar-refractivity contribution in [3.8, 4) is 0 Å². The van der Waals surface area contributed by atoms with Crippen LogP contribution in [0, 0.1) is 5.82 Å². The second-order valence-electron chi connectivity index (χ2n) is 3.22. The van der Waals surface area contributed by atoms with Gasteiger partial charge in [-0.25, -0.2) is 15.2 Å². The SMILES string of the molecule is CCOC(=O)CC(=O)N(N)c1ccc(F)cc1. The number of hydrogen-bond acceptors (Lipinski definition) is 4. The molecule has 0 aliphatic heterocycles. The number of hydrogen-bond donors (Lipinski definition) is 1. The van der Waals surface area contributed by atoms with Crippen LogP contribution < -0.4 is 10.9 Å². The quantitative estimate of drug-likeness (QED) is 0.280. The molecule has 0 radical (unpaired) electrons. The summed E-state index contributed by atoms with van der Waals surface area (Å²) in [5, 5.41) is 0.788. The summed E-state index contributed by atoms with van der Waals surface area (Å²) in [6.07, 6.45) is -0.443. The molecule has 0 saturated carbocycles. The van der Waals surface area contributed by atoms with E-state index in [1.807, 2.05) is 0 Å². The highest BCUT2D eigenvalue weighted by molar-refractivity contribution is 6.02. The van der Waals surface area contributed by atoms with Crippen LogP contribution in [0.15, 0.2) is 24.3 Å². The summed E-state index contributed by atoms with van der Waals surface area (Å²) in [4.78, 5) is 22.6. The molecule has 0 aliphatic carbocycles. The first kappa shape index (κ1) is 13.1. The van der Waals surface area contributed by atoms with Gasteiger partial charge in [-0.1, -0.05) is 0 Å². The lowest BCUT2D eigenvalue weighted by atomic mass is 10.3. The molecule has 6 heteroatoms. The number of hydrazine groups is 1. The van der Waals surface area contributed by atoms with Crippen LogP contribution in [0.4, 0.5) is 10.1 Å². The first-order valence-corrected chi connectivity index (χ1v) is 5.03. The Hall–Kier alpha value is -1.95. The summed E-state index contributed by atoms with van der Waals surface area (Å²) in [5.41, 5.74) is 0.306. The Kier molecular flexibility index (Phi) is 4.59. The number of benzene rings is 1. The van der Waals surface area contributed by atoms with E-state index in [2.05, 4.69) is 4.74 Å². The van der Waals surface area contributed by atoms with Gasteiger partial charge in [0.25, 0.3) is 5.91 Å². The van der Waals surface area contributed by atoms with E-state index in [4.69, 9.17) is 5.84 Å². The predicted octanol–water partition coefficient (Wildman–Crippen LogP) is 0.986. The fourth-order valence-corrected chi connectivity index (χ4v) is 1.17. The summed E-state index contributed by atoms with van der Waals surface area (Å²) in [7, 11) is 0. The van der Waals surface area contributed by atoms with Crippen LogP contribution in [0.25, 0.3) is 0 Å². The molecule has 0 atom stereocenters. The van der Waals surface area contributed by atoms with E-state index >= 15 is 0 Å². The average Bonchev–Trinajstić information content (AvgIpc) is 2.29. The average molecular weight is 240 g/mol. The van der Waals surface area contributed by atoms with E-state index in [-0.39, 0.29) is 6.61 Å². The molecule has 1 amide bonds. The Balaban J connectivity index is 2.63. The summed E-state index contributed by atoms with van der Waals surface area (Å²) >= 11 is 0. The number of nitrogens with zero attached hydrogens (tertiary/aromatic N) is 1. The Morgan fingerprint density at radius 2 is 1.94 bits per heavy atom. The molecule has 1 rings (SSSR count). The fourth-order valence-electron chi connectivity index (χ4n) is 1.17. The first-order valence-electron chi connectivity index (χ1n) is 5.03. The summed E-state index contributed by atoms with van der Waals surface area (Å²) < 4.78 is 17.3. The van der Waals surface area contributed by atoms with Gasteiger partial charge in [0, 0.05) is 0 Å². The number of halogens is 1. The molecule has 0 unspecified atom stereocenters. The van der Waals surface area contributed by atoms with E-state index in [9.17, 15) is 14.0 Å². The molecular weight excluding hydrogens is 227 g/mol. The zero-order valence-corrected chi connectivity index (χ0v) is 9.35. The van der Waals surface area contributed by atoms with Gasteiger partial charge in [0.05, 0.1) is 12.3 Å². The van der Waals surface area contributed by atoms with Gasteiger partial charge in [-0.3, -0.25) is 9.59 Å². The van der Waals surface area contributed by atoms with Gasteiger partial charge in [-0.15, -0.1) is 0 Å². The molecule has 5 nitrogen and oxygen atoms in total. The van der Waals surface area contributed by atoms with E-state index in [0.717, 1.165) is 5.01 Å². The Morgan fingerprint density at radius 1 is 1.35 bits per heavy atom. The highest BCUT2D eigenvalue weighted by Gasteiger charge is 2.16. The normalized spacial score (nSPS) is 9.82. The third-order valence-corrected chi connectivity index (χ3v) is 1.97. The van der Waals surface area contributed by atoms with Crippen molar-refractivity contribution in [3.05, 3.63) is 30.1 Å². The Labute approximate surface area is 97.9 Å². The largest absolute Gasteiger partial charge is 0.466 e. The van der Waals surface area contributed by atoms with Crippen LogP contribution in [0.5, 0.6) is 0 Å². The minimum Gasteiger partial charge on any atom is -0.466 e. The molecule has 2 N–H and O–H groups in total. The molecule has 0 saturated heterocycles. The highest BCUT2D eigenvalue weighted by Crippen LogP contribution is 2.12. The number of nitrogens with two attached hydrogens (primary N) is 1. The molecule has 0 heterocycles. The van der Waals surface area contributed by atoms with Gasteiger partial charge in [0.1, 0.15) is 12.2 Å². The van der Waals surface area contributed by atoms with E-state index < -0.39 is 24.1 Å². The van der Waals surface area contributed by atoms with Crippen molar-refractivity contribution in [3.63, 3.8) is 0 Å². The lowest BCUT2D eigenvalue weighted by molar-refractivity contribution is -0.145. The lowest BCUT2D eigenvalue weighted by Crippen LogP contribution is -2.38. The molecule has 0 spiro atoms. The summed E-state index contributed by atoms with van der Waals surface area (Å²) in [6, 6.07) is 5.04. The van der Waals surface area contributed by atoms with E-state index in [1.54, 1.807) is 6.92 Å². The number of ether oxygens (including phenoxy) is 1. The smallest absolute Gasteiger partial charge is 0.315 e. The Morgan fingerprint density at radius 3 is 2.47 bits per heavy atom. The monoisotopic (exact) mass is 240 g/mol. The minimum absolute atomic E-state index is 0.202. The Bertz CT molecular complexity index is 406. The maximum absolute atomic E-state index is 12.6. The van der Waals surface area contributed by atoms with Gasteiger partial charge in [0.2, 0.25) is 0 Å². The van der Waals surface area contributed by atoms with Crippen molar-refractivity contribution in [2.24, 2.45) is 5.84 Å². The zero-order chi connectivity index (χ0) is 12.8. The predicted molar refractivity (Wildman–Crippen MR) is 59.3 cm³/mol. The number of amides is 1. The lowest BCUT2D eigenvalue weighted by Gasteiger charge is -2.15. The van der Waals surface area contributed by atoms with Crippen LogP contribution >= 0.6 is 0 Å². The van der Waals surface area contributed by atoms with Crippen LogP contribution in [0.1, 0.15) is 13.3 Å². The molecule has 1 aromatic carbocycles. The van der Waals surface area contributed by atoms with Gasteiger partial charge < -0.3 is 4.74 Å². The van der Waals surface area contributed by atoms with Crippen LogP contribution in [-0.4, -0.2) is 18.5 Å². The minimum atomic E-state index is -0.643. The van der Waals surface area contributed by atoms with Gasteiger partial charge >= 0.3 is 5.97 Å². The molecule has 1 aromatic rings. The van der Waals surface area contributed by atoms with Crippen molar-refractivity contribution < 1.29 is 18.7 Å². The fraction of sp³-hybridized carbons (Fsp3) is 0.273. The molecular formula is C11H13FN2O3. The second-order valence-corrected chi connectivity index (χ2v) is 3.22. The second kappa shape index (κ2) is 5.95. The third kappa shape index (κ3) is 3.84. The van der Waals surface area contributed by atoms with Crippen molar-refractivity contribution in [1.82, 2.24) is 0 Å². The first-order chi connectivity index (χ1) is 8.04. The van der Waals surface area contributed by atoms with Crippen LogP contribution in [0.3, 0.4) is 0 Å². The number of esters is 1. The molecule has 17 heavy (non-hydrogen) atoms. The van der Waals surface area contributed by atoms with Crippen molar-refractivity contribution in [2.75, 3.05) is 11.6 Å². The van der Waals surface area contributed by atoms with Gasteiger partial charge in [0.15, 0.2) is 0 Å². The third-order valence-electron chi connectivity index (χ3n) is 1.97. The number of rotatable bonds is 4. The molecule has 0 bridgehead atoms. The summed E-state index contributed by atoms with van der Waals surface area (Å²) in [6.45, 7) is 1.84. The maximum Gasteiger partial charge on any atom is 0.315 e. The molecule has 92 valence electrons. The summed E-state index contributed by atoms with van der Waals surface area (Å²) in [5.74, 6) is 3.80. The highest BCUT2D eigenvalue weighted by atomic mass is 19.1. The van der Waals surface area contributed by atoms with Crippen molar-refractivity contribution in [2.45, 2.75) is 13.3 Å². The standard InChI is InChI=1S/C11H13FN2O3/c1-2-17-11(16)7-10(15)14(13)9-5-3-8(12)4-6-9/h3-6H,2,7,13H2,1H3. The zero-order valence-electron chi connectivity index (χ0n) is 9.35. The molecule has 0 aromatic heterocycles. The van der Waals surface area contributed by atoms with E-state index in [1.165, 1.54) is 24.3 Å². The van der Waals surface area contributed by atoms with Crippen LogP contribution in [-0.2, 0) is 14.3 Å². The van der Waals surface area contributed by atoms with Crippen molar-refractivity contribution in [1.29, 1.82) is 0 Å². The number of carbonyl (C=O) groups excluding carboxylic acids is 2. The topological polar surface area (TPSA) is 72.6 Å². The van der Waals surface area contributed by atoms with Crippen LogP contribution in [0.2, 0.25) is 0 Å². The number of carbonyl (C=O) groups is 2.